The van der Waals surface area contributed by atoms with Gasteiger partial charge in [0.05, 0.1) is 11.2 Å². The van der Waals surface area contributed by atoms with Gasteiger partial charge >= 0.3 is 0 Å². The van der Waals surface area contributed by atoms with Crippen LogP contribution in [0.4, 0.5) is 0 Å². The molecule has 1 saturated heterocycles. The maximum Gasteiger partial charge on any atom is 0.135 e. The Labute approximate surface area is 250 Å². The lowest BCUT2D eigenvalue weighted by Gasteiger charge is -2.44. The molecule has 2 saturated carbocycles. The minimum Gasteiger partial charge on any atom is -0.390 e. The average Bonchev–Trinajstić information content (AvgIpc) is 2.80. The second kappa shape index (κ2) is 14.3. The molecule has 0 aromatic carbocycles. The number of carbonyl (C=O) groups excluding carboxylic acids is 1. The van der Waals surface area contributed by atoms with E-state index >= 15 is 0 Å². The Bertz CT molecular complexity index is 724. The number of ketones is 1. The molecular formula is C36H71NO3. The van der Waals surface area contributed by atoms with Gasteiger partial charge in [-0.25, -0.2) is 0 Å². The first-order valence-corrected chi connectivity index (χ1v) is 16.6. The highest BCUT2D eigenvalue weighted by Gasteiger charge is 2.41. The highest BCUT2D eigenvalue weighted by molar-refractivity contribution is 5.80. The van der Waals surface area contributed by atoms with Crippen LogP contribution in [0.3, 0.4) is 0 Å². The van der Waals surface area contributed by atoms with Gasteiger partial charge in [0, 0.05) is 25.4 Å². The van der Waals surface area contributed by atoms with E-state index in [9.17, 15) is 15.0 Å². The highest BCUT2D eigenvalue weighted by atomic mass is 16.3. The smallest absolute Gasteiger partial charge is 0.135 e. The van der Waals surface area contributed by atoms with Crippen molar-refractivity contribution in [2.24, 2.45) is 39.9 Å². The van der Waals surface area contributed by atoms with Crippen molar-refractivity contribution in [2.75, 3.05) is 13.6 Å². The van der Waals surface area contributed by atoms with E-state index in [-0.39, 0.29) is 5.41 Å². The van der Waals surface area contributed by atoms with Gasteiger partial charge in [-0.3, -0.25) is 4.79 Å². The quantitative estimate of drug-likeness (QED) is 0.351. The van der Waals surface area contributed by atoms with Crippen molar-refractivity contribution in [3.05, 3.63) is 0 Å². The number of nitrogens with zero attached hydrogens (tertiary/aromatic N) is 1. The number of hydrogen-bond acceptors (Lipinski definition) is 4. The summed E-state index contributed by atoms with van der Waals surface area (Å²) in [4.78, 5) is 13.5. The van der Waals surface area contributed by atoms with Crippen molar-refractivity contribution in [2.45, 2.75) is 171 Å². The molecule has 238 valence electrons. The fourth-order valence-corrected chi connectivity index (χ4v) is 7.00. The molecular weight excluding hydrogens is 494 g/mol. The second-order valence-corrected chi connectivity index (χ2v) is 17.7. The lowest BCUT2D eigenvalue weighted by molar-refractivity contribution is -0.124. The number of likely N-dealkylation sites (tertiary alicyclic amines) is 1. The first kappa shape index (κ1) is 37.6. The van der Waals surface area contributed by atoms with Crippen molar-refractivity contribution < 1.29 is 15.0 Å². The Balaban J connectivity index is 0.000000301. The van der Waals surface area contributed by atoms with Gasteiger partial charge in [-0.2, -0.15) is 0 Å². The molecule has 4 heteroatoms. The van der Waals surface area contributed by atoms with Gasteiger partial charge in [-0.05, 0) is 85.5 Å². The van der Waals surface area contributed by atoms with Crippen molar-refractivity contribution >= 4 is 5.78 Å². The number of rotatable bonds is 2. The molecule has 3 rings (SSSR count). The Morgan fingerprint density at radius 1 is 0.725 bits per heavy atom. The van der Waals surface area contributed by atoms with Crippen LogP contribution in [0.1, 0.15) is 154 Å². The SMILES string of the molecule is CC(C)C1(O)CCCC(C(C)(C)C)C1.CC(C)C1(O)CCCC(C(C)(C)C)C1.CN1CCC(=O)CC1C(C)(C)C. The summed E-state index contributed by atoms with van der Waals surface area (Å²) in [5, 5.41) is 21.0. The topological polar surface area (TPSA) is 60.8 Å². The molecule has 0 aromatic heterocycles. The van der Waals surface area contributed by atoms with E-state index in [0.29, 0.717) is 46.3 Å². The third kappa shape index (κ3) is 11.3. The summed E-state index contributed by atoms with van der Waals surface area (Å²) in [6, 6.07) is 0.429. The largest absolute Gasteiger partial charge is 0.390 e. The number of carbonyl (C=O) groups is 1. The zero-order valence-corrected chi connectivity index (χ0v) is 29.4. The maximum atomic E-state index is 11.2. The predicted molar refractivity (Wildman–Crippen MR) is 173 cm³/mol. The third-order valence-corrected chi connectivity index (χ3v) is 10.8. The fraction of sp³-hybridized carbons (Fsp3) is 0.972. The minimum atomic E-state index is -0.393. The number of hydrogen-bond donors (Lipinski definition) is 2. The molecule has 0 bridgehead atoms. The minimum absolute atomic E-state index is 0.227. The predicted octanol–water partition coefficient (Wildman–Crippen LogP) is 8.92. The zero-order valence-electron chi connectivity index (χ0n) is 29.4. The molecule has 3 aliphatic rings. The van der Waals surface area contributed by atoms with E-state index in [1.807, 2.05) is 0 Å². The van der Waals surface area contributed by atoms with Crippen molar-refractivity contribution in [3.63, 3.8) is 0 Å². The van der Waals surface area contributed by atoms with E-state index in [0.717, 1.165) is 45.1 Å². The molecule has 0 aromatic rings. The average molecular weight is 566 g/mol. The van der Waals surface area contributed by atoms with E-state index in [4.69, 9.17) is 0 Å². The molecule has 1 heterocycles. The van der Waals surface area contributed by atoms with Crippen LogP contribution < -0.4 is 0 Å². The lowest BCUT2D eigenvalue weighted by Crippen LogP contribution is -2.47. The van der Waals surface area contributed by atoms with Crippen LogP contribution in [0.5, 0.6) is 0 Å². The van der Waals surface area contributed by atoms with Gasteiger partial charge in [0.25, 0.3) is 0 Å². The van der Waals surface area contributed by atoms with Crippen LogP contribution in [0.2, 0.25) is 0 Å². The Morgan fingerprint density at radius 3 is 1.38 bits per heavy atom. The van der Waals surface area contributed by atoms with Gasteiger partial charge in [0.1, 0.15) is 5.78 Å². The molecule has 0 spiro atoms. The maximum absolute atomic E-state index is 11.2. The van der Waals surface area contributed by atoms with E-state index in [1.54, 1.807) is 0 Å². The van der Waals surface area contributed by atoms with Crippen LogP contribution in [0.25, 0.3) is 0 Å². The Kier molecular flexibility index (Phi) is 13.5. The van der Waals surface area contributed by atoms with Crippen molar-refractivity contribution in [1.82, 2.24) is 4.90 Å². The summed E-state index contributed by atoms with van der Waals surface area (Å²) in [6.45, 7) is 29.9. The molecule has 4 nitrogen and oxygen atoms in total. The summed E-state index contributed by atoms with van der Waals surface area (Å²) >= 11 is 0. The van der Waals surface area contributed by atoms with E-state index in [2.05, 4.69) is 102 Å². The fourth-order valence-electron chi connectivity index (χ4n) is 7.00. The molecule has 1 aliphatic heterocycles. The van der Waals surface area contributed by atoms with Gasteiger partial charge in [0.15, 0.2) is 0 Å². The molecule has 0 amide bonds. The molecule has 2 N–H and O–H groups in total. The summed E-state index contributed by atoms with van der Waals surface area (Å²) in [7, 11) is 2.11. The monoisotopic (exact) mass is 566 g/mol. The van der Waals surface area contributed by atoms with Crippen LogP contribution in [-0.2, 0) is 4.79 Å². The van der Waals surface area contributed by atoms with Crippen LogP contribution in [-0.4, -0.2) is 51.7 Å². The van der Waals surface area contributed by atoms with Crippen molar-refractivity contribution in [3.8, 4) is 0 Å². The number of piperidine rings is 1. The Morgan fingerprint density at radius 2 is 1.10 bits per heavy atom. The molecule has 2 aliphatic carbocycles. The standard InChI is InChI=1S/2C13H26O.C10H19NO/c2*1-10(2)13(14)8-6-7-11(9-13)12(3,4)5;1-10(2,3)9-7-8(12)5-6-11(9)4/h2*10-11,14H,6-9H2,1-5H3;9H,5-7H2,1-4H3. The highest BCUT2D eigenvalue weighted by Crippen LogP contribution is 2.45. The summed E-state index contributed by atoms with van der Waals surface area (Å²) in [5.41, 5.74) is 0.143. The summed E-state index contributed by atoms with van der Waals surface area (Å²) < 4.78 is 0. The summed E-state index contributed by atoms with van der Waals surface area (Å²) in [5.74, 6) is 2.58. The zero-order chi connectivity index (χ0) is 31.3. The normalized spacial score (nSPS) is 32.8. The molecule has 5 unspecified atom stereocenters. The van der Waals surface area contributed by atoms with E-state index < -0.39 is 11.2 Å². The third-order valence-electron chi connectivity index (χ3n) is 10.8. The van der Waals surface area contributed by atoms with Crippen LogP contribution in [0, 0.1) is 39.9 Å². The lowest BCUT2D eigenvalue weighted by atomic mass is 9.65. The second-order valence-electron chi connectivity index (χ2n) is 17.7. The molecule has 5 atom stereocenters. The summed E-state index contributed by atoms with van der Waals surface area (Å²) in [6.07, 6.45) is 10.4. The van der Waals surface area contributed by atoms with Gasteiger partial charge in [0.2, 0.25) is 0 Å². The van der Waals surface area contributed by atoms with Gasteiger partial charge in [-0.15, -0.1) is 0 Å². The first-order valence-electron chi connectivity index (χ1n) is 16.6. The van der Waals surface area contributed by atoms with Crippen LogP contribution in [0.15, 0.2) is 0 Å². The van der Waals surface area contributed by atoms with Crippen LogP contribution >= 0.6 is 0 Å². The van der Waals surface area contributed by atoms with Gasteiger partial charge < -0.3 is 15.1 Å². The van der Waals surface area contributed by atoms with Crippen molar-refractivity contribution in [1.29, 1.82) is 0 Å². The molecule has 0 radical (unpaired) electrons. The van der Waals surface area contributed by atoms with E-state index in [1.165, 1.54) is 25.7 Å². The number of Topliss-reactive ketones (excluding diaryl/α,β-unsaturated/α-hetero) is 1. The Hall–Kier alpha value is -0.450. The number of aliphatic hydroxyl groups is 2. The molecule has 40 heavy (non-hydrogen) atoms. The molecule has 3 fully saturated rings. The first-order chi connectivity index (χ1) is 17.9. The van der Waals surface area contributed by atoms with Gasteiger partial charge in [-0.1, -0.05) is 103 Å².